The first-order chi connectivity index (χ1) is 9.61. The van der Waals surface area contributed by atoms with Crippen LogP contribution in [0.15, 0.2) is 18.2 Å². The fourth-order valence-electron chi connectivity index (χ4n) is 2.51. The predicted molar refractivity (Wildman–Crippen MR) is 77.6 cm³/mol. The van der Waals surface area contributed by atoms with E-state index >= 15 is 0 Å². The number of piperidine rings is 1. The number of carbonyl (C=O) groups excluding carboxylic acids is 1. The third kappa shape index (κ3) is 3.40. The molecule has 0 saturated carbocycles. The molecule has 1 aromatic carbocycles. The van der Waals surface area contributed by atoms with E-state index < -0.39 is 5.91 Å². The fraction of sp³-hybridized carbons (Fsp3) is 0.500. The molecule has 0 unspecified atom stereocenters. The summed E-state index contributed by atoms with van der Waals surface area (Å²) in [4.78, 5) is 13.6. The van der Waals surface area contributed by atoms with Crippen molar-refractivity contribution in [3.8, 4) is 0 Å². The molecule has 1 heterocycles. The average molecular weight is 279 g/mol. The predicted octanol–water partition coefficient (Wildman–Crippen LogP) is 0.345. The highest BCUT2D eigenvalue weighted by molar-refractivity contribution is 5.99. The van der Waals surface area contributed by atoms with Crippen LogP contribution in [0.3, 0.4) is 0 Å². The second kappa shape index (κ2) is 6.58. The zero-order chi connectivity index (χ0) is 14.5. The monoisotopic (exact) mass is 279 g/mol. The molecule has 1 aromatic rings. The molecule has 2 rings (SSSR count). The van der Waals surface area contributed by atoms with E-state index in [4.69, 9.17) is 21.3 Å². The number of nitrogens with two attached hydrogens (primary N) is 2. The number of anilines is 2. The van der Waals surface area contributed by atoms with Crippen LogP contribution in [0.4, 0.5) is 11.4 Å². The summed E-state index contributed by atoms with van der Waals surface area (Å²) in [5.41, 5.74) is 12.9. The number of rotatable bonds is 5. The van der Waals surface area contributed by atoms with Gasteiger partial charge in [-0.2, -0.15) is 0 Å². The molecular weight excluding hydrogens is 258 g/mol. The lowest BCUT2D eigenvalue weighted by Crippen LogP contribution is -2.38. The van der Waals surface area contributed by atoms with Gasteiger partial charge in [-0.05, 0) is 31.0 Å². The molecule has 110 valence electrons. The maximum atomic E-state index is 11.5. The zero-order valence-electron chi connectivity index (χ0n) is 11.4. The van der Waals surface area contributed by atoms with Gasteiger partial charge in [0.15, 0.2) is 0 Å². The molecule has 20 heavy (non-hydrogen) atoms. The van der Waals surface area contributed by atoms with E-state index in [-0.39, 0.29) is 12.7 Å². The van der Waals surface area contributed by atoms with Crippen molar-refractivity contribution in [3.63, 3.8) is 0 Å². The van der Waals surface area contributed by atoms with E-state index in [1.54, 1.807) is 12.1 Å². The number of nitrogen functional groups attached to an aromatic ring is 1. The van der Waals surface area contributed by atoms with Gasteiger partial charge in [0.05, 0.1) is 24.9 Å². The highest BCUT2D eigenvalue weighted by Gasteiger charge is 2.22. The van der Waals surface area contributed by atoms with Gasteiger partial charge in [-0.3, -0.25) is 4.79 Å². The number of nitrogens with zero attached hydrogens (tertiary/aromatic N) is 1. The van der Waals surface area contributed by atoms with Gasteiger partial charge in [0.25, 0.3) is 5.91 Å². The fourth-order valence-corrected chi connectivity index (χ4v) is 2.51. The Morgan fingerprint density at radius 3 is 2.70 bits per heavy atom. The number of hydrogen-bond donors (Lipinski definition) is 3. The van der Waals surface area contributed by atoms with Crippen molar-refractivity contribution in [2.75, 3.05) is 36.9 Å². The van der Waals surface area contributed by atoms with Crippen LogP contribution < -0.4 is 16.4 Å². The van der Waals surface area contributed by atoms with Crippen LogP contribution in [0.2, 0.25) is 0 Å². The third-order valence-electron chi connectivity index (χ3n) is 3.51. The molecule has 1 aliphatic heterocycles. The van der Waals surface area contributed by atoms with Crippen LogP contribution in [0.25, 0.3) is 0 Å². The first-order valence-electron chi connectivity index (χ1n) is 6.78. The van der Waals surface area contributed by atoms with Crippen LogP contribution in [0.1, 0.15) is 23.2 Å². The number of primary amides is 1. The molecule has 6 heteroatoms. The maximum absolute atomic E-state index is 11.5. The average Bonchev–Trinajstić information content (AvgIpc) is 2.45. The van der Waals surface area contributed by atoms with E-state index in [1.807, 2.05) is 6.07 Å². The molecule has 0 atom stereocenters. The highest BCUT2D eigenvalue weighted by Crippen LogP contribution is 2.26. The van der Waals surface area contributed by atoms with Crippen molar-refractivity contribution in [1.29, 1.82) is 0 Å². The molecule has 1 aliphatic rings. The van der Waals surface area contributed by atoms with Crippen molar-refractivity contribution in [1.82, 2.24) is 0 Å². The molecule has 0 radical (unpaired) electrons. The Morgan fingerprint density at radius 2 is 2.10 bits per heavy atom. The Morgan fingerprint density at radius 1 is 1.40 bits per heavy atom. The summed E-state index contributed by atoms with van der Waals surface area (Å²) in [7, 11) is 0. The van der Waals surface area contributed by atoms with Crippen LogP contribution in [0, 0.1) is 0 Å². The number of carbonyl (C=O) groups is 1. The summed E-state index contributed by atoms with van der Waals surface area (Å²) in [6.45, 7) is 2.00. The number of benzene rings is 1. The Hall–Kier alpha value is -1.79. The molecule has 6 nitrogen and oxygen atoms in total. The molecule has 1 saturated heterocycles. The van der Waals surface area contributed by atoms with E-state index in [2.05, 4.69) is 4.90 Å². The number of ether oxygens (including phenoxy) is 1. The minimum atomic E-state index is -0.467. The summed E-state index contributed by atoms with van der Waals surface area (Å²) in [6, 6.07) is 5.23. The van der Waals surface area contributed by atoms with Gasteiger partial charge in [0, 0.05) is 24.5 Å². The van der Waals surface area contributed by atoms with Gasteiger partial charge < -0.3 is 26.2 Å². The minimum absolute atomic E-state index is 0.0456. The lowest BCUT2D eigenvalue weighted by Gasteiger charge is -2.34. The Labute approximate surface area is 118 Å². The first-order valence-corrected chi connectivity index (χ1v) is 6.78. The lowest BCUT2D eigenvalue weighted by atomic mass is 10.0. The van der Waals surface area contributed by atoms with Crippen molar-refractivity contribution in [2.45, 2.75) is 18.9 Å². The smallest absolute Gasteiger partial charge is 0.250 e. The second-order valence-corrected chi connectivity index (χ2v) is 4.92. The van der Waals surface area contributed by atoms with E-state index in [1.165, 1.54) is 0 Å². The molecule has 1 amide bonds. The molecule has 1 fully saturated rings. The lowest BCUT2D eigenvalue weighted by molar-refractivity contribution is 0.0159. The number of hydrogen-bond acceptors (Lipinski definition) is 5. The number of aliphatic hydroxyl groups is 1. The van der Waals surface area contributed by atoms with E-state index in [0.29, 0.717) is 17.9 Å². The summed E-state index contributed by atoms with van der Waals surface area (Å²) in [5.74, 6) is -0.467. The number of amides is 1. The van der Waals surface area contributed by atoms with Crippen molar-refractivity contribution in [3.05, 3.63) is 23.8 Å². The second-order valence-electron chi connectivity index (χ2n) is 4.92. The summed E-state index contributed by atoms with van der Waals surface area (Å²) in [5, 5.41) is 8.75. The van der Waals surface area contributed by atoms with Gasteiger partial charge in [-0.25, -0.2) is 0 Å². The zero-order valence-corrected chi connectivity index (χ0v) is 11.4. The van der Waals surface area contributed by atoms with Crippen molar-refractivity contribution >= 4 is 17.3 Å². The van der Waals surface area contributed by atoms with Gasteiger partial charge in [0.1, 0.15) is 0 Å². The summed E-state index contributed by atoms with van der Waals surface area (Å²) >= 11 is 0. The minimum Gasteiger partial charge on any atom is -0.399 e. The normalized spacial score (nSPS) is 16.4. The van der Waals surface area contributed by atoms with Gasteiger partial charge in [-0.1, -0.05) is 0 Å². The SMILES string of the molecule is NC(=O)c1cc(N)ccc1N1CCC(OCCO)CC1. The Kier molecular flexibility index (Phi) is 4.81. The largest absolute Gasteiger partial charge is 0.399 e. The summed E-state index contributed by atoms with van der Waals surface area (Å²) < 4.78 is 5.52. The summed E-state index contributed by atoms with van der Waals surface area (Å²) in [6.07, 6.45) is 1.90. The molecule has 0 spiro atoms. The first kappa shape index (κ1) is 14.6. The number of aliphatic hydroxyl groups excluding tert-OH is 1. The standard InChI is InChI=1S/C14H21N3O3/c15-10-1-2-13(12(9-10)14(16)19)17-5-3-11(4-6-17)20-8-7-18/h1-2,9,11,18H,3-8,15H2,(H2,16,19). The van der Waals surface area contributed by atoms with E-state index in [0.717, 1.165) is 31.6 Å². The van der Waals surface area contributed by atoms with Crippen molar-refractivity contribution in [2.24, 2.45) is 5.73 Å². The highest BCUT2D eigenvalue weighted by atomic mass is 16.5. The Bertz CT molecular complexity index is 471. The van der Waals surface area contributed by atoms with Gasteiger partial charge >= 0.3 is 0 Å². The molecule has 0 bridgehead atoms. The molecule has 5 N–H and O–H groups in total. The van der Waals surface area contributed by atoms with E-state index in [9.17, 15) is 4.79 Å². The van der Waals surface area contributed by atoms with Gasteiger partial charge in [0.2, 0.25) is 0 Å². The van der Waals surface area contributed by atoms with Crippen LogP contribution in [-0.4, -0.2) is 43.4 Å². The topological polar surface area (TPSA) is 102 Å². The quantitative estimate of drug-likeness (QED) is 0.675. The maximum Gasteiger partial charge on any atom is 0.250 e. The molecule has 0 aromatic heterocycles. The van der Waals surface area contributed by atoms with Crippen LogP contribution >= 0.6 is 0 Å². The third-order valence-corrected chi connectivity index (χ3v) is 3.51. The van der Waals surface area contributed by atoms with Gasteiger partial charge in [-0.15, -0.1) is 0 Å². The Balaban J connectivity index is 2.05. The van der Waals surface area contributed by atoms with Crippen molar-refractivity contribution < 1.29 is 14.6 Å². The molecular formula is C14H21N3O3. The molecule has 0 aliphatic carbocycles. The van der Waals surface area contributed by atoms with Crippen LogP contribution in [-0.2, 0) is 4.74 Å². The van der Waals surface area contributed by atoms with Crippen LogP contribution in [0.5, 0.6) is 0 Å².